The number of nitrogens with zero attached hydrogens (tertiary/aromatic N) is 3. The minimum absolute atomic E-state index is 0.163. The molecule has 124 valence electrons. The molecule has 0 N–H and O–H groups in total. The van der Waals surface area contributed by atoms with Crippen LogP contribution in [-0.2, 0) is 17.9 Å². The first-order chi connectivity index (χ1) is 11.0. The fraction of sp³-hybridized carbons (Fsp3) is 0.444. The van der Waals surface area contributed by atoms with Crippen LogP contribution < -0.4 is 0 Å². The smallest absolute Gasteiger partial charge is 0.222 e. The monoisotopic (exact) mass is 333 g/mol. The zero-order valence-corrected chi connectivity index (χ0v) is 14.8. The second-order valence-electron chi connectivity index (χ2n) is 6.12. The average molecular weight is 334 g/mol. The van der Waals surface area contributed by atoms with Crippen LogP contribution in [0.2, 0.25) is 5.02 Å². The fourth-order valence-corrected chi connectivity index (χ4v) is 2.77. The SMILES string of the molecule is CCC(=O)N(Cc1nccn1Cc1cccc(Cl)c1)CC(C)C. The van der Waals surface area contributed by atoms with Crippen LogP contribution in [0.5, 0.6) is 0 Å². The van der Waals surface area contributed by atoms with E-state index >= 15 is 0 Å². The Kier molecular flexibility index (Phi) is 6.22. The molecule has 5 heteroatoms. The van der Waals surface area contributed by atoms with E-state index in [1.807, 2.05) is 42.3 Å². The Morgan fingerprint density at radius 3 is 2.83 bits per heavy atom. The van der Waals surface area contributed by atoms with Crippen LogP contribution in [0.15, 0.2) is 36.7 Å². The van der Waals surface area contributed by atoms with Crippen LogP contribution in [0.3, 0.4) is 0 Å². The molecule has 0 aliphatic heterocycles. The van der Waals surface area contributed by atoms with Gasteiger partial charge < -0.3 is 9.47 Å². The molecule has 0 radical (unpaired) electrons. The molecule has 0 spiro atoms. The predicted octanol–water partition coefficient (Wildman–Crippen LogP) is 3.98. The Morgan fingerprint density at radius 2 is 2.17 bits per heavy atom. The van der Waals surface area contributed by atoms with Gasteiger partial charge in [-0.25, -0.2) is 4.98 Å². The van der Waals surface area contributed by atoms with Gasteiger partial charge in [-0.3, -0.25) is 4.79 Å². The lowest BCUT2D eigenvalue weighted by Crippen LogP contribution is -2.34. The second kappa shape index (κ2) is 8.16. The molecule has 23 heavy (non-hydrogen) atoms. The van der Waals surface area contributed by atoms with E-state index < -0.39 is 0 Å². The number of imidazole rings is 1. The molecule has 1 heterocycles. The largest absolute Gasteiger partial charge is 0.335 e. The van der Waals surface area contributed by atoms with Gasteiger partial charge in [0.2, 0.25) is 5.91 Å². The van der Waals surface area contributed by atoms with Gasteiger partial charge in [-0.2, -0.15) is 0 Å². The third kappa shape index (κ3) is 5.10. The first kappa shape index (κ1) is 17.5. The van der Waals surface area contributed by atoms with Crippen LogP contribution in [0.25, 0.3) is 0 Å². The van der Waals surface area contributed by atoms with Gasteiger partial charge >= 0.3 is 0 Å². The number of carbonyl (C=O) groups is 1. The Bertz CT molecular complexity index is 651. The number of halogens is 1. The third-order valence-corrected chi connectivity index (χ3v) is 3.85. The van der Waals surface area contributed by atoms with Crippen molar-refractivity contribution in [3.05, 3.63) is 53.1 Å². The number of hydrogen-bond acceptors (Lipinski definition) is 2. The molecule has 1 amide bonds. The Morgan fingerprint density at radius 1 is 1.39 bits per heavy atom. The van der Waals surface area contributed by atoms with Crippen LogP contribution in [0, 0.1) is 5.92 Å². The number of hydrogen-bond donors (Lipinski definition) is 0. The maximum absolute atomic E-state index is 12.2. The van der Waals surface area contributed by atoms with Crippen molar-refractivity contribution in [2.75, 3.05) is 6.54 Å². The molecule has 0 aliphatic carbocycles. The minimum Gasteiger partial charge on any atom is -0.335 e. The highest BCUT2D eigenvalue weighted by Gasteiger charge is 2.16. The maximum atomic E-state index is 12.2. The van der Waals surface area contributed by atoms with Crippen LogP contribution in [0.4, 0.5) is 0 Å². The molecule has 0 atom stereocenters. The first-order valence-electron chi connectivity index (χ1n) is 8.01. The molecule has 0 saturated heterocycles. The topological polar surface area (TPSA) is 38.1 Å². The van der Waals surface area contributed by atoms with Gasteiger partial charge in [0.1, 0.15) is 5.82 Å². The maximum Gasteiger partial charge on any atom is 0.222 e. The number of carbonyl (C=O) groups excluding carboxylic acids is 1. The molecule has 0 fully saturated rings. The van der Waals surface area contributed by atoms with Crippen molar-refractivity contribution in [1.82, 2.24) is 14.5 Å². The number of aromatic nitrogens is 2. The molecular formula is C18H24ClN3O. The molecule has 1 aromatic heterocycles. The van der Waals surface area contributed by atoms with E-state index in [4.69, 9.17) is 11.6 Å². The lowest BCUT2D eigenvalue weighted by atomic mass is 10.2. The van der Waals surface area contributed by atoms with Gasteiger partial charge in [0.05, 0.1) is 6.54 Å². The second-order valence-corrected chi connectivity index (χ2v) is 6.56. The summed E-state index contributed by atoms with van der Waals surface area (Å²) in [4.78, 5) is 18.5. The lowest BCUT2D eigenvalue weighted by Gasteiger charge is -2.24. The standard InChI is InChI=1S/C18H24ClN3O/c1-4-18(23)22(11-14(2)3)13-17-20-8-9-21(17)12-15-6-5-7-16(19)10-15/h5-10,14H,4,11-13H2,1-3H3. The Hall–Kier alpha value is -1.81. The predicted molar refractivity (Wildman–Crippen MR) is 93.3 cm³/mol. The van der Waals surface area contributed by atoms with Gasteiger partial charge in [0, 0.05) is 36.9 Å². The molecule has 1 aromatic carbocycles. The number of amides is 1. The minimum atomic E-state index is 0.163. The van der Waals surface area contributed by atoms with E-state index in [2.05, 4.69) is 23.4 Å². The van der Waals surface area contributed by atoms with Crippen LogP contribution in [-0.4, -0.2) is 26.9 Å². The van der Waals surface area contributed by atoms with E-state index in [0.717, 1.165) is 23.0 Å². The van der Waals surface area contributed by atoms with E-state index in [1.165, 1.54) is 0 Å². The lowest BCUT2D eigenvalue weighted by molar-refractivity contribution is -0.132. The molecule has 4 nitrogen and oxygen atoms in total. The van der Waals surface area contributed by atoms with Crippen LogP contribution >= 0.6 is 11.6 Å². The first-order valence-corrected chi connectivity index (χ1v) is 8.39. The molecule has 0 bridgehead atoms. The molecule has 2 rings (SSSR count). The zero-order valence-electron chi connectivity index (χ0n) is 14.0. The van der Waals surface area contributed by atoms with Crippen molar-refractivity contribution >= 4 is 17.5 Å². The molecule has 0 unspecified atom stereocenters. The quantitative estimate of drug-likeness (QED) is 0.768. The van der Waals surface area contributed by atoms with Crippen molar-refractivity contribution in [3.63, 3.8) is 0 Å². The van der Waals surface area contributed by atoms with Crippen molar-refractivity contribution in [1.29, 1.82) is 0 Å². The van der Waals surface area contributed by atoms with E-state index in [9.17, 15) is 4.79 Å². The summed E-state index contributed by atoms with van der Waals surface area (Å²) in [5.74, 6) is 1.49. The van der Waals surface area contributed by atoms with Crippen molar-refractivity contribution in [3.8, 4) is 0 Å². The summed E-state index contributed by atoms with van der Waals surface area (Å²) in [6.07, 6.45) is 4.24. The normalized spacial score (nSPS) is 11.0. The molecule has 0 aliphatic rings. The summed E-state index contributed by atoms with van der Waals surface area (Å²) in [6, 6.07) is 7.80. The van der Waals surface area contributed by atoms with Crippen LogP contribution in [0.1, 0.15) is 38.6 Å². The number of rotatable bonds is 7. The highest BCUT2D eigenvalue weighted by molar-refractivity contribution is 6.30. The summed E-state index contributed by atoms with van der Waals surface area (Å²) in [5, 5.41) is 0.728. The van der Waals surface area contributed by atoms with Crippen molar-refractivity contribution in [2.24, 2.45) is 5.92 Å². The summed E-state index contributed by atoms with van der Waals surface area (Å²) in [5.41, 5.74) is 1.12. The van der Waals surface area contributed by atoms with Gasteiger partial charge in [0.25, 0.3) is 0 Å². The van der Waals surface area contributed by atoms with Gasteiger partial charge in [-0.05, 0) is 23.6 Å². The van der Waals surface area contributed by atoms with Crippen molar-refractivity contribution in [2.45, 2.75) is 40.3 Å². The van der Waals surface area contributed by atoms with Crippen molar-refractivity contribution < 1.29 is 4.79 Å². The Labute approximate surface area is 143 Å². The molecule has 0 saturated carbocycles. The van der Waals surface area contributed by atoms with Gasteiger partial charge in [-0.15, -0.1) is 0 Å². The highest BCUT2D eigenvalue weighted by Crippen LogP contribution is 2.14. The summed E-state index contributed by atoms with van der Waals surface area (Å²) >= 11 is 6.05. The summed E-state index contributed by atoms with van der Waals surface area (Å²) < 4.78 is 2.07. The average Bonchev–Trinajstić information content (AvgIpc) is 2.92. The summed E-state index contributed by atoms with van der Waals surface area (Å²) in [6.45, 7) is 8.12. The van der Waals surface area contributed by atoms with E-state index in [0.29, 0.717) is 25.4 Å². The highest BCUT2D eigenvalue weighted by atomic mass is 35.5. The molecular weight excluding hydrogens is 310 g/mol. The van der Waals surface area contributed by atoms with E-state index in [-0.39, 0.29) is 5.91 Å². The Balaban J connectivity index is 2.14. The number of benzene rings is 1. The third-order valence-electron chi connectivity index (χ3n) is 3.62. The zero-order chi connectivity index (χ0) is 16.8. The van der Waals surface area contributed by atoms with E-state index in [1.54, 1.807) is 6.20 Å². The fourth-order valence-electron chi connectivity index (χ4n) is 2.56. The summed E-state index contributed by atoms with van der Waals surface area (Å²) in [7, 11) is 0. The van der Waals surface area contributed by atoms with Gasteiger partial charge in [-0.1, -0.05) is 44.5 Å². The molecule has 2 aromatic rings. The van der Waals surface area contributed by atoms with Gasteiger partial charge in [0.15, 0.2) is 0 Å².